The molecule has 0 spiro atoms. The van der Waals surface area contributed by atoms with E-state index in [1.807, 2.05) is 56.3 Å². The van der Waals surface area contributed by atoms with Gasteiger partial charge in [0.15, 0.2) is 0 Å². The highest BCUT2D eigenvalue weighted by molar-refractivity contribution is 5.87. The fourth-order valence-electron chi connectivity index (χ4n) is 7.81. The monoisotopic (exact) mass is 842 g/mol. The Kier molecular flexibility index (Phi) is 13.9. The molecule has 4 aromatic carbocycles. The van der Waals surface area contributed by atoms with E-state index >= 15 is 0 Å². The number of hydrogen-bond donors (Lipinski definition) is 4. The molecule has 16 heteroatoms. The third kappa shape index (κ3) is 10.3. The first kappa shape index (κ1) is 43.0. The Morgan fingerprint density at radius 2 is 1.23 bits per heavy atom. The molecule has 1 aliphatic rings. The second kappa shape index (κ2) is 20.0. The summed E-state index contributed by atoms with van der Waals surface area (Å²) in [6.07, 6.45) is 0.189. The summed E-state index contributed by atoms with van der Waals surface area (Å²) in [6, 6.07) is 29.3. The summed E-state index contributed by atoms with van der Waals surface area (Å²) in [5.74, 6) is 0.894. The van der Waals surface area contributed by atoms with Crippen molar-refractivity contribution in [3.05, 3.63) is 108 Å². The van der Waals surface area contributed by atoms with E-state index in [1.54, 1.807) is 9.80 Å². The fourth-order valence-corrected chi connectivity index (χ4v) is 7.81. The summed E-state index contributed by atoms with van der Waals surface area (Å²) in [6.45, 7) is 8.91. The van der Waals surface area contributed by atoms with Gasteiger partial charge in [0.1, 0.15) is 24.2 Å². The predicted octanol–water partition coefficient (Wildman–Crippen LogP) is 6.36. The third-order valence-corrected chi connectivity index (χ3v) is 11.0. The van der Waals surface area contributed by atoms with Gasteiger partial charge in [-0.05, 0) is 72.0 Å². The Morgan fingerprint density at radius 1 is 0.677 bits per heavy atom. The highest BCUT2D eigenvalue weighted by Crippen LogP contribution is 2.29. The number of hydrogen-bond acceptors (Lipinski definition) is 10. The fraction of sp³-hybridized carbons (Fsp3) is 0.348. The van der Waals surface area contributed by atoms with Crippen LogP contribution in [0.3, 0.4) is 0 Å². The van der Waals surface area contributed by atoms with Crippen LogP contribution >= 0.6 is 0 Å². The molecule has 1 atom stereocenters. The summed E-state index contributed by atoms with van der Waals surface area (Å²) in [4.78, 5) is 74.9. The molecule has 3 heterocycles. The SMILES string of the molecule is CCCN(Cc1nc2ccc(N3CCN(c4ccc(-c5ccc6nc(CN(CCC)C(=O)[C@H](NC(=O)OC)c7ccccc7)[nH]c6c5)cc4)CC3)cc2[nH]1)C(=O)CNC(=O)OC. The van der Waals surface area contributed by atoms with Crippen molar-refractivity contribution in [2.24, 2.45) is 0 Å². The van der Waals surface area contributed by atoms with Crippen molar-refractivity contribution >= 4 is 57.4 Å². The van der Waals surface area contributed by atoms with Gasteiger partial charge >= 0.3 is 12.2 Å². The van der Waals surface area contributed by atoms with Crippen molar-refractivity contribution in [2.75, 3.05) is 69.8 Å². The number of fused-ring (bicyclic) bond motifs is 2. The molecule has 7 rings (SSSR count). The standard InChI is InChI=1S/C46H54N10O6/c1-5-20-55(42(57)28-47-45(59)61-3)29-40-49-37-19-17-35(27-39(37)51-40)54-24-22-53(23-25-54)34-15-12-31(13-16-34)33-14-18-36-38(26-33)50-41(48-36)30-56(21-6-2)44(58)43(52-46(60)62-4)32-10-8-7-9-11-32/h7-19,26-27,43H,5-6,20-25,28-30H2,1-4H3,(H,47,59)(H,48,50)(H,49,51)(H,52,60)/t43-/m1/s1. The van der Waals surface area contributed by atoms with Crippen molar-refractivity contribution in [2.45, 2.75) is 45.8 Å². The molecule has 0 aliphatic carbocycles. The van der Waals surface area contributed by atoms with E-state index in [4.69, 9.17) is 14.7 Å². The van der Waals surface area contributed by atoms with Gasteiger partial charge in [0, 0.05) is 50.6 Å². The van der Waals surface area contributed by atoms with Gasteiger partial charge in [-0.2, -0.15) is 0 Å². The van der Waals surface area contributed by atoms with Crippen LogP contribution in [0.1, 0.15) is 49.9 Å². The molecule has 16 nitrogen and oxygen atoms in total. The minimum atomic E-state index is -0.898. The number of imidazole rings is 2. The largest absolute Gasteiger partial charge is 0.453 e. The summed E-state index contributed by atoms with van der Waals surface area (Å²) < 4.78 is 9.42. The number of ether oxygens (including phenoxy) is 2. The number of H-pyrrole nitrogens is 2. The minimum Gasteiger partial charge on any atom is -0.453 e. The van der Waals surface area contributed by atoms with E-state index < -0.39 is 18.2 Å². The van der Waals surface area contributed by atoms with E-state index in [0.717, 1.165) is 83.6 Å². The lowest BCUT2D eigenvalue weighted by Gasteiger charge is -2.37. The highest BCUT2D eigenvalue weighted by Gasteiger charge is 2.28. The number of methoxy groups -OCH3 is 2. The molecule has 324 valence electrons. The van der Waals surface area contributed by atoms with Gasteiger partial charge in [-0.25, -0.2) is 19.6 Å². The van der Waals surface area contributed by atoms with Crippen molar-refractivity contribution < 1.29 is 28.7 Å². The third-order valence-electron chi connectivity index (χ3n) is 11.0. The zero-order valence-corrected chi connectivity index (χ0v) is 35.6. The van der Waals surface area contributed by atoms with E-state index in [0.29, 0.717) is 36.8 Å². The van der Waals surface area contributed by atoms with Gasteiger partial charge in [-0.15, -0.1) is 0 Å². The number of carbonyl (C=O) groups is 4. The maximum Gasteiger partial charge on any atom is 0.407 e. The number of benzene rings is 4. The maximum absolute atomic E-state index is 13.9. The number of nitrogens with one attached hydrogen (secondary N) is 4. The second-order valence-electron chi connectivity index (χ2n) is 15.2. The number of rotatable bonds is 16. The van der Waals surface area contributed by atoms with Gasteiger partial charge in [0.05, 0.1) is 49.4 Å². The number of aromatic nitrogens is 4. The zero-order valence-electron chi connectivity index (χ0n) is 35.6. The van der Waals surface area contributed by atoms with Gasteiger partial charge in [-0.1, -0.05) is 62.4 Å². The summed E-state index contributed by atoms with van der Waals surface area (Å²) in [5.41, 5.74) is 8.50. The van der Waals surface area contributed by atoms with Crippen LogP contribution in [-0.4, -0.2) is 114 Å². The smallest absolute Gasteiger partial charge is 0.407 e. The first-order chi connectivity index (χ1) is 30.2. The first-order valence-corrected chi connectivity index (χ1v) is 21.0. The molecule has 1 fully saturated rings. The van der Waals surface area contributed by atoms with Gasteiger partial charge in [-0.3, -0.25) is 9.59 Å². The predicted molar refractivity (Wildman–Crippen MR) is 239 cm³/mol. The Balaban J connectivity index is 0.962. The molecule has 1 aliphatic heterocycles. The second-order valence-corrected chi connectivity index (χ2v) is 15.2. The first-order valence-electron chi connectivity index (χ1n) is 21.0. The van der Waals surface area contributed by atoms with Crippen LogP contribution in [0.25, 0.3) is 33.2 Å². The Bertz CT molecular complexity index is 2480. The van der Waals surface area contributed by atoms with Crippen molar-refractivity contribution in [1.82, 2.24) is 40.4 Å². The highest BCUT2D eigenvalue weighted by atomic mass is 16.5. The molecule has 0 bridgehead atoms. The average Bonchev–Trinajstić information content (AvgIpc) is 3.92. The molecule has 4 amide bonds. The molecule has 0 unspecified atom stereocenters. The van der Waals surface area contributed by atoms with E-state index in [1.165, 1.54) is 14.2 Å². The molecular weight excluding hydrogens is 789 g/mol. The number of aromatic amines is 2. The Morgan fingerprint density at radius 3 is 1.85 bits per heavy atom. The van der Waals surface area contributed by atoms with Crippen LogP contribution in [-0.2, 0) is 32.2 Å². The molecule has 4 N–H and O–H groups in total. The maximum atomic E-state index is 13.9. The van der Waals surface area contributed by atoms with Crippen LogP contribution < -0.4 is 20.4 Å². The van der Waals surface area contributed by atoms with Crippen LogP contribution in [0.4, 0.5) is 21.0 Å². The average molecular weight is 843 g/mol. The number of anilines is 2. The van der Waals surface area contributed by atoms with E-state index in [2.05, 4.69) is 83.7 Å². The molecule has 0 radical (unpaired) electrons. The van der Waals surface area contributed by atoms with Crippen LogP contribution in [0.5, 0.6) is 0 Å². The molecule has 1 saturated heterocycles. The molecule has 0 saturated carbocycles. The molecular formula is C46H54N10O6. The van der Waals surface area contributed by atoms with Gasteiger partial charge in [0.2, 0.25) is 11.8 Å². The van der Waals surface area contributed by atoms with Crippen LogP contribution in [0, 0.1) is 0 Å². The normalized spacial score (nSPS) is 13.2. The topological polar surface area (TPSA) is 181 Å². The van der Waals surface area contributed by atoms with Gasteiger partial charge < -0.3 is 49.7 Å². The van der Waals surface area contributed by atoms with E-state index in [-0.39, 0.29) is 24.9 Å². The lowest BCUT2D eigenvalue weighted by Crippen LogP contribution is -2.46. The Hall–Kier alpha value is -7.10. The lowest BCUT2D eigenvalue weighted by molar-refractivity contribution is -0.134. The number of nitrogens with zero attached hydrogens (tertiary/aromatic N) is 6. The van der Waals surface area contributed by atoms with Crippen molar-refractivity contribution in [3.8, 4) is 11.1 Å². The van der Waals surface area contributed by atoms with Crippen molar-refractivity contribution in [1.29, 1.82) is 0 Å². The number of piperazine rings is 1. The zero-order chi connectivity index (χ0) is 43.6. The van der Waals surface area contributed by atoms with Crippen LogP contribution in [0.2, 0.25) is 0 Å². The summed E-state index contributed by atoms with van der Waals surface area (Å²) >= 11 is 0. The molecule has 6 aromatic rings. The van der Waals surface area contributed by atoms with E-state index in [9.17, 15) is 19.2 Å². The minimum absolute atomic E-state index is 0.139. The van der Waals surface area contributed by atoms with Gasteiger partial charge in [0.25, 0.3) is 0 Å². The number of alkyl carbamates (subject to hydrolysis) is 2. The Labute approximate surface area is 360 Å². The quantitative estimate of drug-likeness (QED) is 0.0856. The molecule has 2 aromatic heterocycles. The summed E-state index contributed by atoms with van der Waals surface area (Å²) in [5, 5.41) is 5.17. The lowest BCUT2D eigenvalue weighted by atomic mass is 10.0. The van der Waals surface area contributed by atoms with Crippen LogP contribution in [0.15, 0.2) is 91.0 Å². The number of carbonyl (C=O) groups excluding carboxylic acids is 4. The molecule has 62 heavy (non-hydrogen) atoms. The number of amides is 4. The summed E-state index contributed by atoms with van der Waals surface area (Å²) in [7, 11) is 2.54. The van der Waals surface area contributed by atoms with Crippen molar-refractivity contribution in [3.63, 3.8) is 0 Å².